The summed E-state index contributed by atoms with van der Waals surface area (Å²) in [6, 6.07) is 3.37. The van der Waals surface area contributed by atoms with E-state index in [4.69, 9.17) is 0 Å². The predicted octanol–water partition coefficient (Wildman–Crippen LogP) is 3.03. The summed E-state index contributed by atoms with van der Waals surface area (Å²) < 4.78 is 27.2. The predicted molar refractivity (Wildman–Crippen MR) is 59.9 cm³/mol. The lowest BCUT2D eigenvalue weighted by Gasteiger charge is -2.09. The van der Waals surface area contributed by atoms with Crippen LogP contribution in [0.1, 0.15) is 17.7 Å². The van der Waals surface area contributed by atoms with E-state index >= 15 is 0 Å². The van der Waals surface area contributed by atoms with Crippen LogP contribution >= 0.6 is 0 Å². The highest BCUT2D eigenvalue weighted by Gasteiger charge is 2.18. The second-order valence-electron chi connectivity index (χ2n) is 3.72. The Labute approximate surface area is 101 Å². The average molecular weight is 253 g/mol. The van der Waals surface area contributed by atoms with Crippen LogP contribution in [0.2, 0.25) is 0 Å². The number of benzene rings is 1. The largest absolute Gasteiger partial charge is 0.306 e. The van der Waals surface area contributed by atoms with Crippen LogP contribution in [0.15, 0.2) is 30.7 Å². The molecule has 0 bridgehead atoms. The van der Waals surface area contributed by atoms with Gasteiger partial charge in [0.1, 0.15) is 0 Å². The van der Waals surface area contributed by atoms with Gasteiger partial charge in [-0.2, -0.15) is 0 Å². The molecule has 7 heteroatoms. The van der Waals surface area contributed by atoms with Crippen molar-refractivity contribution in [3.8, 4) is 5.69 Å². The topological polar surface area (TPSA) is 61.0 Å². The lowest BCUT2D eigenvalue weighted by atomic mass is 10.1. The zero-order valence-corrected chi connectivity index (χ0v) is 9.38. The van der Waals surface area contributed by atoms with E-state index in [-0.39, 0.29) is 16.9 Å². The molecule has 0 aliphatic rings. The van der Waals surface area contributed by atoms with Crippen molar-refractivity contribution in [1.82, 2.24) is 9.55 Å². The highest BCUT2D eigenvalue weighted by Crippen LogP contribution is 2.29. The number of imidazole rings is 1. The van der Waals surface area contributed by atoms with Crippen LogP contribution in [0.5, 0.6) is 0 Å². The van der Waals surface area contributed by atoms with Gasteiger partial charge in [-0.1, -0.05) is 0 Å². The molecule has 1 aromatic carbocycles. The van der Waals surface area contributed by atoms with Crippen molar-refractivity contribution >= 4 is 5.69 Å². The summed E-state index contributed by atoms with van der Waals surface area (Å²) in [6.45, 7) is 1.73. The fourth-order valence-corrected chi connectivity index (χ4v) is 1.62. The first-order chi connectivity index (χ1) is 8.49. The fraction of sp³-hybridized carbons (Fsp3) is 0.182. The maximum atomic E-state index is 12.9. The molecule has 2 aromatic rings. The van der Waals surface area contributed by atoms with Crippen molar-refractivity contribution in [3.05, 3.63) is 52.1 Å². The van der Waals surface area contributed by atoms with Gasteiger partial charge in [0.25, 0.3) is 12.1 Å². The minimum atomic E-state index is -2.79. The molecule has 0 radical (unpaired) electrons. The van der Waals surface area contributed by atoms with E-state index in [1.165, 1.54) is 23.0 Å². The van der Waals surface area contributed by atoms with Crippen molar-refractivity contribution in [3.63, 3.8) is 0 Å². The summed E-state index contributed by atoms with van der Waals surface area (Å²) in [6.07, 6.45) is 0.178. The Morgan fingerprint density at radius 2 is 2.17 bits per heavy atom. The van der Waals surface area contributed by atoms with Crippen molar-refractivity contribution < 1.29 is 13.7 Å². The summed E-state index contributed by atoms with van der Waals surface area (Å²) in [5.74, 6) is 0. The maximum Gasteiger partial charge on any atom is 0.270 e. The third kappa shape index (κ3) is 2.20. The van der Waals surface area contributed by atoms with Crippen molar-refractivity contribution in [1.29, 1.82) is 0 Å². The molecule has 0 N–H and O–H groups in total. The first kappa shape index (κ1) is 12.2. The molecule has 5 nitrogen and oxygen atoms in total. The number of halogens is 2. The first-order valence-electron chi connectivity index (χ1n) is 5.06. The second kappa shape index (κ2) is 4.52. The summed E-state index contributed by atoms with van der Waals surface area (Å²) in [5.41, 5.74) is 0.122. The summed E-state index contributed by atoms with van der Waals surface area (Å²) >= 11 is 0. The zero-order valence-electron chi connectivity index (χ0n) is 9.38. The Kier molecular flexibility index (Phi) is 3.05. The highest BCUT2D eigenvalue weighted by atomic mass is 19.3. The molecular weight excluding hydrogens is 244 g/mol. The number of aromatic nitrogens is 2. The Balaban J connectivity index is 2.57. The van der Waals surface area contributed by atoms with Gasteiger partial charge in [-0.15, -0.1) is 0 Å². The standard InChI is InChI=1S/C11H9F2N3O2/c1-7-5-15(6-14-7)10-3-2-8(16(17)18)4-9(10)11(12)13/h2-6,11H,1H3. The van der Waals surface area contributed by atoms with Crippen LogP contribution in [-0.2, 0) is 0 Å². The van der Waals surface area contributed by atoms with E-state index in [0.29, 0.717) is 5.69 Å². The molecule has 2 rings (SSSR count). The van der Waals surface area contributed by atoms with Gasteiger partial charge in [-0.3, -0.25) is 10.1 Å². The van der Waals surface area contributed by atoms with Crippen molar-refractivity contribution in [2.45, 2.75) is 13.3 Å². The lowest BCUT2D eigenvalue weighted by Crippen LogP contribution is -2.00. The Hall–Kier alpha value is -2.31. The number of rotatable bonds is 3. The number of nitrogens with zero attached hydrogens (tertiary/aromatic N) is 3. The molecule has 0 saturated heterocycles. The zero-order chi connectivity index (χ0) is 13.3. The molecule has 0 unspecified atom stereocenters. The van der Waals surface area contributed by atoms with Gasteiger partial charge in [-0.05, 0) is 13.0 Å². The summed E-state index contributed by atoms with van der Waals surface area (Å²) in [4.78, 5) is 13.8. The van der Waals surface area contributed by atoms with Crippen LogP contribution in [0.25, 0.3) is 5.69 Å². The van der Waals surface area contributed by atoms with Gasteiger partial charge in [0, 0.05) is 23.9 Å². The van der Waals surface area contributed by atoms with Gasteiger partial charge in [-0.25, -0.2) is 13.8 Å². The van der Waals surface area contributed by atoms with Gasteiger partial charge in [0.15, 0.2) is 0 Å². The molecule has 0 aliphatic heterocycles. The Morgan fingerprint density at radius 3 is 2.67 bits per heavy atom. The maximum absolute atomic E-state index is 12.9. The van der Waals surface area contributed by atoms with Crippen LogP contribution < -0.4 is 0 Å². The molecule has 18 heavy (non-hydrogen) atoms. The van der Waals surface area contributed by atoms with E-state index in [0.717, 1.165) is 6.07 Å². The van der Waals surface area contributed by atoms with Gasteiger partial charge >= 0.3 is 0 Å². The number of alkyl halides is 2. The van der Waals surface area contributed by atoms with Crippen molar-refractivity contribution in [2.24, 2.45) is 0 Å². The number of nitro benzene ring substituents is 1. The number of hydrogen-bond acceptors (Lipinski definition) is 3. The number of non-ortho nitro benzene ring substituents is 1. The Bertz CT molecular complexity index is 596. The third-order valence-corrected chi connectivity index (χ3v) is 2.45. The minimum Gasteiger partial charge on any atom is -0.306 e. The monoisotopic (exact) mass is 253 g/mol. The van der Waals surface area contributed by atoms with Crippen LogP contribution in [0.3, 0.4) is 0 Å². The molecule has 0 amide bonds. The fourth-order valence-electron chi connectivity index (χ4n) is 1.62. The average Bonchev–Trinajstić information content (AvgIpc) is 2.74. The molecule has 0 atom stereocenters. The third-order valence-electron chi connectivity index (χ3n) is 2.45. The summed E-state index contributed by atoms with van der Waals surface area (Å²) in [7, 11) is 0. The molecule has 0 aliphatic carbocycles. The van der Waals surface area contributed by atoms with E-state index < -0.39 is 11.3 Å². The van der Waals surface area contributed by atoms with Crippen LogP contribution in [-0.4, -0.2) is 14.5 Å². The smallest absolute Gasteiger partial charge is 0.270 e. The summed E-state index contributed by atoms with van der Waals surface area (Å²) in [5, 5.41) is 10.6. The van der Waals surface area contributed by atoms with Gasteiger partial charge in [0.2, 0.25) is 0 Å². The molecule has 1 heterocycles. The molecule has 1 aromatic heterocycles. The van der Waals surface area contributed by atoms with E-state index in [2.05, 4.69) is 4.98 Å². The minimum absolute atomic E-state index is 0.191. The molecule has 94 valence electrons. The highest BCUT2D eigenvalue weighted by molar-refractivity contribution is 5.49. The molecule has 0 saturated carbocycles. The lowest BCUT2D eigenvalue weighted by molar-refractivity contribution is -0.385. The second-order valence-corrected chi connectivity index (χ2v) is 3.72. The van der Waals surface area contributed by atoms with Crippen LogP contribution in [0, 0.1) is 17.0 Å². The van der Waals surface area contributed by atoms with Gasteiger partial charge < -0.3 is 4.57 Å². The number of aryl methyl sites for hydroxylation is 1. The number of hydrogen-bond donors (Lipinski definition) is 0. The molecule has 0 spiro atoms. The van der Waals surface area contributed by atoms with Crippen molar-refractivity contribution in [2.75, 3.05) is 0 Å². The Morgan fingerprint density at radius 1 is 1.44 bits per heavy atom. The SMILES string of the molecule is Cc1cn(-c2ccc([N+](=O)[O-])cc2C(F)F)cn1. The van der Waals surface area contributed by atoms with E-state index in [1.54, 1.807) is 13.1 Å². The van der Waals surface area contributed by atoms with E-state index in [1.807, 2.05) is 0 Å². The molecule has 0 fully saturated rings. The van der Waals surface area contributed by atoms with E-state index in [9.17, 15) is 18.9 Å². The first-order valence-corrected chi connectivity index (χ1v) is 5.06. The number of nitro groups is 1. The van der Waals surface area contributed by atoms with Gasteiger partial charge in [0.05, 0.1) is 22.6 Å². The quantitative estimate of drug-likeness (QED) is 0.624. The van der Waals surface area contributed by atoms with Crippen LogP contribution in [0.4, 0.5) is 14.5 Å². The molecular formula is C11H9F2N3O2. The normalized spacial score (nSPS) is 10.9.